The molecule has 4 nitrogen and oxygen atoms in total. The predicted octanol–water partition coefficient (Wildman–Crippen LogP) is 9.66. The van der Waals surface area contributed by atoms with Crippen LogP contribution >= 0.6 is 0 Å². The van der Waals surface area contributed by atoms with E-state index in [0.29, 0.717) is 24.5 Å². The monoisotopic (exact) mass is 510 g/mol. The van der Waals surface area contributed by atoms with Crippen molar-refractivity contribution in [3.8, 4) is 17.2 Å². The molecule has 2 rings (SSSR count). The molecule has 0 radical (unpaired) electrons. The minimum Gasteiger partial charge on any atom is -0.507 e. The molecular weight excluding hydrogens is 460 g/mol. The van der Waals surface area contributed by atoms with Gasteiger partial charge in [-0.3, -0.25) is 4.79 Å². The van der Waals surface area contributed by atoms with Crippen LogP contribution in [-0.4, -0.2) is 24.1 Å². The third-order valence-corrected chi connectivity index (χ3v) is 6.86. The van der Waals surface area contributed by atoms with Gasteiger partial charge < -0.3 is 14.6 Å². The molecule has 0 aliphatic rings. The van der Waals surface area contributed by atoms with E-state index in [9.17, 15) is 9.90 Å². The van der Waals surface area contributed by atoms with E-state index in [1.165, 1.54) is 83.5 Å². The van der Waals surface area contributed by atoms with E-state index in [4.69, 9.17) is 9.47 Å². The van der Waals surface area contributed by atoms with E-state index in [1.807, 2.05) is 12.1 Å². The van der Waals surface area contributed by atoms with Crippen molar-refractivity contribution in [1.82, 2.24) is 0 Å². The van der Waals surface area contributed by atoms with Crippen molar-refractivity contribution in [1.29, 1.82) is 0 Å². The highest BCUT2D eigenvalue weighted by molar-refractivity contribution is 6.10. The summed E-state index contributed by atoms with van der Waals surface area (Å²) >= 11 is 0. The topological polar surface area (TPSA) is 55.8 Å². The lowest BCUT2D eigenvalue weighted by Crippen LogP contribution is -2.03. The van der Waals surface area contributed by atoms with Crippen molar-refractivity contribution in [2.75, 3.05) is 13.2 Å². The first-order valence-corrected chi connectivity index (χ1v) is 14.9. The molecule has 206 valence electrons. The Kier molecular flexibility index (Phi) is 16.3. The number of unbranched alkanes of at least 4 members (excludes halogenated alkanes) is 14. The van der Waals surface area contributed by atoms with E-state index < -0.39 is 0 Å². The molecule has 1 N–H and O–H groups in total. The van der Waals surface area contributed by atoms with Crippen LogP contribution in [0.15, 0.2) is 42.5 Å². The number of carbonyl (C=O) groups excluding carboxylic acids is 1. The summed E-state index contributed by atoms with van der Waals surface area (Å²) in [6, 6.07) is 12.1. The second-order valence-corrected chi connectivity index (χ2v) is 10.2. The zero-order chi connectivity index (χ0) is 26.6. The fraction of sp³-hybridized carbons (Fsp3) is 0.606. The van der Waals surface area contributed by atoms with Crippen LogP contribution in [0.25, 0.3) is 0 Å². The summed E-state index contributed by atoms with van der Waals surface area (Å²) in [5.41, 5.74) is 0.814. The van der Waals surface area contributed by atoms with Crippen LogP contribution in [-0.2, 0) is 0 Å². The molecule has 0 aliphatic carbocycles. The largest absolute Gasteiger partial charge is 0.507 e. The number of carbonyl (C=O) groups is 1. The average Bonchev–Trinajstić information content (AvgIpc) is 2.91. The Morgan fingerprint density at radius 3 is 1.51 bits per heavy atom. The lowest BCUT2D eigenvalue weighted by atomic mass is 10.0. The van der Waals surface area contributed by atoms with E-state index in [1.54, 1.807) is 30.3 Å². The van der Waals surface area contributed by atoms with Crippen molar-refractivity contribution >= 4 is 5.78 Å². The maximum absolute atomic E-state index is 12.9. The zero-order valence-electron chi connectivity index (χ0n) is 23.4. The average molecular weight is 511 g/mol. The molecule has 37 heavy (non-hydrogen) atoms. The summed E-state index contributed by atoms with van der Waals surface area (Å²) in [6.45, 7) is 5.81. The molecule has 0 saturated heterocycles. The third-order valence-electron chi connectivity index (χ3n) is 6.86. The van der Waals surface area contributed by atoms with Crippen LogP contribution in [0, 0.1) is 0 Å². The maximum Gasteiger partial charge on any atom is 0.196 e. The van der Waals surface area contributed by atoms with Crippen LogP contribution < -0.4 is 9.47 Å². The first kappa shape index (κ1) is 30.7. The van der Waals surface area contributed by atoms with Gasteiger partial charge in [-0.15, -0.1) is 0 Å². The lowest BCUT2D eigenvalue weighted by molar-refractivity contribution is 0.103. The summed E-state index contributed by atoms with van der Waals surface area (Å²) in [7, 11) is 0. The molecule has 2 aromatic carbocycles. The summed E-state index contributed by atoms with van der Waals surface area (Å²) in [4.78, 5) is 12.9. The van der Waals surface area contributed by atoms with Gasteiger partial charge in [0.2, 0.25) is 0 Å². The van der Waals surface area contributed by atoms with Crippen LogP contribution in [0.3, 0.4) is 0 Å². The van der Waals surface area contributed by atoms with Crippen molar-refractivity contribution in [3.63, 3.8) is 0 Å². The molecule has 0 aliphatic heterocycles. The second-order valence-electron chi connectivity index (χ2n) is 10.2. The van der Waals surface area contributed by atoms with Gasteiger partial charge in [-0.2, -0.15) is 0 Å². The molecule has 0 heterocycles. The number of ketones is 1. The Hall–Kier alpha value is -2.49. The van der Waals surface area contributed by atoms with Crippen molar-refractivity contribution in [2.24, 2.45) is 0 Å². The van der Waals surface area contributed by atoms with Crippen LogP contribution in [0.2, 0.25) is 0 Å². The Balaban J connectivity index is 1.67. The molecule has 4 heteroatoms. The molecule has 2 aromatic rings. The van der Waals surface area contributed by atoms with Gasteiger partial charge in [-0.25, -0.2) is 0 Å². The highest BCUT2D eigenvalue weighted by Gasteiger charge is 2.14. The Bertz CT molecular complexity index is 859. The normalized spacial score (nSPS) is 11.0. The number of phenolic OH excluding ortho intramolecular Hbond substituents is 1. The molecule has 0 amide bonds. The van der Waals surface area contributed by atoms with Gasteiger partial charge in [0.25, 0.3) is 0 Å². The molecule has 0 saturated carbocycles. The molecule has 0 bridgehead atoms. The van der Waals surface area contributed by atoms with E-state index in [-0.39, 0.29) is 17.1 Å². The van der Waals surface area contributed by atoms with Gasteiger partial charge >= 0.3 is 0 Å². The minimum atomic E-state index is -0.207. The van der Waals surface area contributed by atoms with Crippen molar-refractivity contribution in [2.45, 2.75) is 117 Å². The van der Waals surface area contributed by atoms with Gasteiger partial charge in [0.15, 0.2) is 5.78 Å². The number of aromatic hydroxyl groups is 1. The van der Waals surface area contributed by atoms with E-state index in [0.717, 1.165) is 25.0 Å². The molecular formula is C33H50O4. The molecule has 0 atom stereocenters. The number of ether oxygens (including phenoxy) is 2. The molecule has 0 unspecified atom stereocenters. The van der Waals surface area contributed by atoms with Crippen LogP contribution in [0.5, 0.6) is 17.2 Å². The second kappa shape index (κ2) is 19.6. The SMILES string of the molecule is CCCCCCCCCCOc1ccc(C(=O)c2ccc(OCCCCCCCCCC)cc2O)cc1. The summed E-state index contributed by atoms with van der Waals surface area (Å²) < 4.78 is 11.6. The van der Waals surface area contributed by atoms with Gasteiger partial charge in [-0.1, -0.05) is 104 Å². The fourth-order valence-electron chi connectivity index (χ4n) is 4.50. The van der Waals surface area contributed by atoms with Crippen LogP contribution in [0.1, 0.15) is 133 Å². The minimum absolute atomic E-state index is 0.0477. The summed E-state index contributed by atoms with van der Waals surface area (Å²) in [6.07, 6.45) is 20.2. The smallest absolute Gasteiger partial charge is 0.196 e. The lowest BCUT2D eigenvalue weighted by Gasteiger charge is -2.10. The third kappa shape index (κ3) is 13.0. The summed E-state index contributed by atoms with van der Waals surface area (Å²) in [5, 5.41) is 10.4. The van der Waals surface area contributed by atoms with Gasteiger partial charge in [0, 0.05) is 11.6 Å². The van der Waals surface area contributed by atoms with E-state index in [2.05, 4.69) is 13.8 Å². The standard InChI is InChI=1S/C33H50O4/c1-3-5-7-9-11-13-15-17-25-36-29-21-19-28(20-22-29)33(35)31-24-23-30(27-32(31)34)37-26-18-16-14-12-10-8-6-4-2/h19-24,27,34H,3-18,25-26H2,1-2H3. The maximum atomic E-state index is 12.9. The van der Waals surface area contributed by atoms with Crippen LogP contribution in [0.4, 0.5) is 0 Å². The highest BCUT2D eigenvalue weighted by atomic mass is 16.5. The first-order valence-electron chi connectivity index (χ1n) is 14.9. The van der Waals surface area contributed by atoms with Crippen molar-refractivity contribution in [3.05, 3.63) is 53.6 Å². The summed E-state index contributed by atoms with van der Waals surface area (Å²) in [5.74, 6) is 1.12. The predicted molar refractivity (Wildman–Crippen MR) is 154 cm³/mol. The number of benzene rings is 2. The number of phenols is 1. The van der Waals surface area contributed by atoms with Gasteiger partial charge in [0.05, 0.1) is 18.8 Å². The Morgan fingerprint density at radius 2 is 1.03 bits per heavy atom. The zero-order valence-corrected chi connectivity index (χ0v) is 23.4. The molecule has 0 fully saturated rings. The number of hydrogen-bond donors (Lipinski definition) is 1. The quantitative estimate of drug-likeness (QED) is 0.126. The Morgan fingerprint density at radius 1 is 0.595 bits per heavy atom. The number of rotatable bonds is 22. The molecule has 0 spiro atoms. The first-order chi connectivity index (χ1) is 18.2. The molecule has 0 aromatic heterocycles. The highest BCUT2D eigenvalue weighted by Crippen LogP contribution is 2.27. The number of hydrogen-bond acceptors (Lipinski definition) is 4. The van der Waals surface area contributed by atoms with Gasteiger partial charge in [0.1, 0.15) is 17.2 Å². The Labute approximate surface area is 225 Å². The fourth-order valence-corrected chi connectivity index (χ4v) is 4.50. The van der Waals surface area contributed by atoms with Gasteiger partial charge in [-0.05, 0) is 49.2 Å². The van der Waals surface area contributed by atoms with E-state index >= 15 is 0 Å². The van der Waals surface area contributed by atoms with Crippen molar-refractivity contribution < 1.29 is 19.4 Å².